The molecule has 27 heavy (non-hydrogen) atoms. The van der Waals surface area contributed by atoms with E-state index in [1.165, 1.54) is 18.9 Å². The fourth-order valence-electron chi connectivity index (χ4n) is 5.34. The Morgan fingerprint density at radius 3 is 2.89 bits per heavy atom. The minimum Gasteiger partial charge on any atom is -0.332 e. The van der Waals surface area contributed by atoms with Gasteiger partial charge in [-0.15, -0.1) is 0 Å². The number of benzene rings is 1. The van der Waals surface area contributed by atoms with Crippen molar-refractivity contribution in [1.82, 2.24) is 10.3 Å². The topological polar surface area (TPSA) is 54.0 Å². The van der Waals surface area contributed by atoms with E-state index in [4.69, 9.17) is 0 Å². The Balaban J connectivity index is 1.50. The number of hydrogen-bond acceptors (Lipinski definition) is 3. The van der Waals surface area contributed by atoms with Gasteiger partial charge in [-0.05, 0) is 55.9 Å². The molecule has 2 aliphatic carbocycles. The third-order valence-corrected chi connectivity index (χ3v) is 7.01. The number of rotatable bonds is 3. The molecule has 4 atom stereocenters. The second-order valence-corrected chi connectivity index (χ2v) is 9.47. The van der Waals surface area contributed by atoms with Crippen LogP contribution in [-0.4, -0.2) is 16.6 Å². The lowest BCUT2D eigenvalue weighted by Gasteiger charge is -2.50. The molecule has 0 aliphatic heterocycles. The maximum absolute atomic E-state index is 13.8. The number of halogens is 2. The summed E-state index contributed by atoms with van der Waals surface area (Å²) in [6.45, 7) is 4.48. The van der Waals surface area contributed by atoms with Gasteiger partial charge in [0.1, 0.15) is 11.3 Å². The molecule has 2 saturated carbocycles. The number of nitrogens with zero attached hydrogens (tertiary/aromatic N) is 1. The minimum atomic E-state index is -0.713. The molecule has 2 aliphatic rings. The zero-order valence-corrected chi connectivity index (χ0v) is 16.5. The van der Waals surface area contributed by atoms with Crippen LogP contribution < -0.4 is 10.6 Å². The molecule has 0 saturated heterocycles. The number of urea groups is 1. The summed E-state index contributed by atoms with van der Waals surface area (Å²) < 4.78 is 27.6. The van der Waals surface area contributed by atoms with E-state index in [0.29, 0.717) is 22.5 Å². The van der Waals surface area contributed by atoms with Crippen LogP contribution in [0.5, 0.6) is 0 Å². The Morgan fingerprint density at radius 1 is 1.30 bits per heavy atom. The molecule has 2 amide bonds. The second-order valence-electron chi connectivity index (χ2n) is 8.44. The Hall–Kier alpha value is -1.76. The SMILES string of the molecule is CCC1CC2CC(C)CC(NC(=O)Nc3nc4c(F)cc(F)cc4s3)(C1)C2. The van der Waals surface area contributed by atoms with Crippen molar-refractivity contribution in [3.8, 4) is 0 Å². The molecule has 4 unspecified atom stereocenters. The van der Waals surface area contributed by atoms with Gasteiger partial charge in [0.2, 0.25) is 0 Å². The van der Waals surface area contributed by atoms with E-state index in [-0.39, 0.29) is 22.2 Å². The van der Waals surface area contributed by atoms with Crippen LogP contribution in [0.1, 0.15) is 52.4 Å². The zero-order valence-electron chi connectivity index (χ0n) is 15.6. The van der Waals surface area contributed by atoms with Gasteiger partial charge < -0.3 is 5.32 Å². The van der Waals surface area contributed by atoms with Crippen molar-refractivity contribution in [3.63, 3.8) is 0 Å². The lowest BCUT2D eigenvalue weighted by atomic mass is 9.60. The summed E-state index contributed by atoms with van der Waals surface area (Å²) in [6, 6.07) is 1.74. The molecule has 2 N–H and O–H groups in total. The summed E-state index contributed by atoms with van der Waals surface area (Å²) >= 11 is 1.08. The number of nitrogens with one attached hydrogen (secondary N) is 2. The monoisotopic (exact) mass is 393 g/mol. The number of anilines is 1. The number of thiazole rings is 1. The van der Waals surface area contributed by atoms with Crippen molar-refractivity contribution in [2.75, 3.05) is 5.32 Å². The van der Waals surface area contributed by atoms with E-state index in [9.17, 15) is 13.6 Å². The molecule has 0 spiro atoms. The maximum Gasteiger partial charge on any atom is 0.321 e. The van der Waals surface area contributed by atoms with E-state index in [0.717, 1.165) is 43.1 Å². The highest BCUT2D eigenvalue weighted by Gasteiger charge is 2.45. The lowest BCUT2D eigenvalue weighted by molar-refractivity contribution is 0.0571. The molecule has 4 nitrogen and oxygen atoms in total. The summed E-state index contributed by atoms with van der Waals surface area (Å²) in [5.74, 6) is 0.564. The van der Waals surface area contributed by atoms with Crippen molar-refractivity contribution in [1.29, 1.82) is 0 Å². The predicted octanol–water partition coefficient (Wildman–Crippen LogP) is 5.69. The van der Waals surface area contributed by atoms with Gasteiger partial charge in [-0.3, -0.25) is 5.32 Å². The van der Waals surface area contributed by atoms with Crippen molar-refractivity contribution >= 4 is 32.7 Å². The van der Waals surface area contributed by atoms with Gasteiger partial charge >= 0.3 is 6.03 Å². The molecular weight excluding hydrogens is 368 g/mol. The molecule has 7 heteroatoms. The zero-order chi connectivity index (χ0) is 19.2. The highest BCUT2D eigenvalue weighted by molar-refractivity contribution is 7.22. The van der Waals surface area contributed by atoms with E-state index in [2.05, 4.69) is 29.5 Å². The summed E-state index contributed by atoms with van der Waals surface area (Å²) in [4.78, 5) is 16.8. The Morgan fingerprint density at radius 2 is 2.11 bits per heavy atom. The Kier molecular flexibility index (Phi) is 4.82. The van der Waals surface area contributed by atoms with Crippen LogP contribution in [0.25, 0.3) is 10.2 Å². The van der Waals surface area contributed by atoms with Gasteiger partial charge in [-0.2, -0.15) is 0 Å². The number of carbonyl (C=O) groups excluding carboxylic acids is 1. The van der Waals surface area contributed by atoms with Crippen LogP contribution in [-0.2, 0) is 0 Å². The predicted molar refractivity (Wildman–Crippen MR) is 104 cm³/mol. The fraction of sp³-hybridized carbons (Fsp3) is 0.600. The van der Waals surface area contributed by atoms with Crippen molar-refractivity contribution in [2.45, 2.75) is 57.9 Å². The van der Waals surface area contributed by atoms with E-state index in [1.807, 2.05) is 0 Å². The third-order valence-electron chi connectivity index (χ3n) is 6.09. The Labute approximate surface area is 161 Å². The summed E-state index contributed by atoms with van der Waals surface area (Å²) in [5, 5.41) is 6.25. The molecule has 2 aromatic rings. The quantitative estimate of drug-likeness (QED) is 0.704. The first-order valence-corrected chi connectivity index (χ1v) is 10.5. The summed E-state index contributed by atoms with van der Waals surface area (Å²) in [7, 11) is 0. The van der Waals surface area contributed by atoms with E-state index < -0.39 is 11.6 Å². The lowest BCUT2D eigenvalue weighted by Crippen LogP contribution is -2.57. The number of aromatic nitrogens is 1. The first kappa shape index (κ1) is 18.6. The van der Waals surface area contributed by atoms with E-state index >= 15 is 0 Å². The average molecular weight is 394 g/mol. The maximum atomic E-state index is 13.8. The number of amides is 2. The van der Waals surface area contributed by atoms with E-state index in [1.54, 1.807) is 0 Å². The van der Waals surface area contributed by atoms with Gasteiger partial charge in [0, 0.05) is 11.6 Å². The number of carbonyl (C=O) groups is 1. The van der Waals surface area contributed by atoms with Crippen LogP contribution in [0.15, 0.2) is 12.1 Å². The molecule has 1 aromatic heterocycles. The van der Waals surface area contributed by atoms with Crippen LogP contribution in [0, 0.1) is 29.4 Å². The smallest absolute Gasteiger partial charge is 0.321 e. The minimum absolute atomic E-state index is 0.0879. The van der Waals surface area contributed by atoms with Crippen molar-refractivity contribution in [3.05, 3.63) is 23.8 Å². The third kappa shape index (κ3) is 3.79. The van der Waals surface area contributed by atoms with Crippen LogP contribution in [0.2, 0.25) is 0 Å². The molecule has 0 radical (unpaired) electrons. The molecule has 1 aromatic carbocycles. The van der Waals surface area contributed by atoms with Gasteiger partial charge in [-0.25, -0.2) is 18.6 Å². The normalized spacial score (nSPS) is 30.3. The Bertz CT molecular complexity index is 866. The molecule has 4 rings (SSSR count). The molecule has 2 fully saturated rings. The molecular formula is C20H25F2N3OS. The number of hydrogen-bond donors (Lipinski definition) is 2. The highest BCUT2D eigenvalue weighted by atomic mass is 32.1. The van der Waals surface area contributed by atoms with Gasteiger partial charge in [0.15, 0.2) is 10.9 Å². The fourth-order valence-corrected chi connectivity index (χ4v) is 6.24. The molecule has 1 heterocycles. The number of fused-ring (bicyclic) bond motifs is 3. The summed E-state index contributed by atoms with van der Waals surface area (Å²) in [6.07, 6.45) is 6.67. The standard InChI is InChI=1S/C20H25F2N3OS/c1-3-12-5-13-4-11(2)8-20(9-12,10-13)25-18(26)24-19-23-17-15(22)6-14(21)7-16(17)27-19/h6-7,11-13H,3-5,8-10H2,1-2H3,(H2,23,24,25,26). The largest absolute Gasteiger partial charge is 0.332 e. The molecule has 146 valence electrons. The average Bonchev–Trinajstić information content (AvgIpc) is 2.95. The van der Waals surface area contributed by atoms with Gasteiger partial charge in [0.05, 0.1) is 4.70 Å². The van der Waals surface area contributed by atoms with Gasteiger partial charge in [-0.1, -0.05) is 31.6 Å². The highest BCUT2D eigenvalue weighted by Crippen LogP contribution is 2.48. The van der Waals surface area contributed by atoms with Crippen LogP contribution in [0.4, 0.5) is 18.7 Å². The second kappa shape index (κ2) is 7.00. The molecule has 2 bridgehead atoms. The van der Waals surface area contributed by atoms with Crippen LogP contribution >= 0.6 is 11.3 Å². The van der Waals surface area contributed by atoms with Crippen molar-refractivity contribution < 1.29 is 13.6 Å². The summed E-state index contributed by atoms with van der Waals surface area (Å²) in [5.41, 5.74) is -0.0794. The van der Waals surface area contributed by atoms with Gasteiger partial charge in [0.25, 0.3) is 0 Å². The first-order valence-electron chi connectivity index (χ1n) is 9.70. The van der Waals surface area contributed by atoms with Crippen molar-refractivity contribution in [2.24, 2.45) is 17.8 Å². The first-order chi connectivity index (χ1) is 12.9. The van der Waals surface area contributed by atoms with Crippen LogP contribution in [0.3, 0.4) is 0 Å².